The Balaban J connectivity index is 1.37. The Kier molecular flexibility index (Phi) is 6.32. The number of hydrogen-bond acceptors (Lipinski definition) is 6. The van der Waals surface area contributed by atoms with Crippen LogP contribution in [0, 0.1) is 5.41 Å². The van der Waals surface area contributed by atoms with Crippen LogP contribution in [0.25, 0.3) is 27.2 Å². The number of aliphatic imine (C=N–C) groups is 1. The lowest BCUT2D eigenvalue weighted by Gasteiger charge is -2.22. The number of nitrogens with zero attached hydrogens (tertiary/aromatic N) is 4. The van der Waals surface area contributed by atoms with Crippen LogP contribution in [-0.4, -0.2) is 38.1 Å². The SMILES string of the molecule is C=C1C=C(c2ccc3c(n2)C(c2nc4c(-c5ccc(Cl)s5)nccc4[nH]2)=NCC3)C=C(NC(=O)C(C)(C)C)C1. The molecule has 7 nitrogen and oxygen atoms in total. The molecule has 0 spiro atoms. The van der Waals surface area contributed by atoms with Crippen molar-refractivity contribution in [3.8, 4) is 10.6 Å². The monoisotopic (exact) mass is 554 g/mol. The second kappa shape index (κ2) is 9.70. The molecule has 5 heterocycles. The van der Waals surface area contributed by atoms with Crippen LogP contribution in [0.2, 0.25) is 4.34 Å². The highest BCUT2D eigenvalue weighted by atomic mass is 35.5. The fourth-order valence-electron chi connectivity index (χ4n) is 4.63. The topological polar surface area (TPSA) is 95.9 Å². The van der Waals surface area contributed by atoms with Crippen LogP contribution in [-0.2, 0) is 11.2 Å². The number of hydrogen-bond donors (Lipinski definition) is 2. The maximum atomic E-state index is 12.6. The fraction of sp³-hybridized carbons (Fsp3) is 0.233. The minimum absolute atomic E-state index is 0.0285. The van der Waals surface area contributed by atoms with Crippen LogP contribution in [0.3, 0.4) is 0 Å². The molecule has 0 aromatic carbocycles. The Morgan fingerprint density at radius 2 is 1.95 bits per heavy atom. The van der Waals surface area contributed by atoms with Gasteiger partial charge in [-0.3, -0.25) is 14.8 Å². The normalized spacial score (nSPS) is 15.5. The van der Waals surface area contributed by atoms with E-state index in [0.717, 1.165) is 67.5 Å². The van der Waals surface area contributed by atoms with E-state index < -0.39 is 5.41 Å². The molecule has 0 atom stereocenters. The van der Waals surface area contributed by atoms with Crippen molar-refractivity contribution >= 4 is 51.2 Å². The Labute approximate surface area is 235 Å². The van der Waals surface area contributed by atoms with Crippen molar-refractivity contribution in [2.45, 2.75) is 33.6 Å². The molecule has 0 saturated carbocycles. The Morgan fingerprint density at radius 1 is 1.10 bits per heavy atom. The molecule has 0 fully saturated rings. The summed E-state index contributed by atoms with van der Waals surface area (Å²) in [4.78, 5) is 36.4. The highest BCUT2D eigenvalue weighted by molar-refractivity contribution is 7.19. The molecule has 4 aromatic rings. The summed E-state index contributed by atoms with van der Waals surface area (Å²) in [5.41, 5.74) is 8.00. The van der Waals surface area contributed by atoms with Crippen LogP contribution < -0.4 is 5.32 Å². The predicted octanol–water partition coefficient (Wildman–Crippen LogP) is 6.52. The van der Waals surface area contributed by atoms with Crippen LogP contribution in [0.15, 0.2) is 71.5 Å². The number of pyridine rings is 2. The van der Waals surface area contributed by atoms with Crippen molar-refractivity contribution in [3.05, 3.63) is 93.6 Å². The highest BCUT2D eigenvalue weighted by Crippen LogP contribution is 2.34. The summed E-state index contributed by atoms with van der Waals surface area (Å²) in [5.74, 6) is 0.627. The third-order valence-electron chi connectivity index (χ3n) is 6.64. The van der Waals surface area contributed by atoms with Gasteiger partial charge in [0.05, 0.1) is 26.1 Å². The Morgan fingerprint density at radius 3 is 2.72 bits per heavy atom. The summed E-state index contributed by atoms with van der Waals surface area (Å²) in [6.45, 7) is 10.5. The third kappa shape index (κ3) is 4.97. The second-order valence-electron chi connectivity index (χ2n) is 10.7. The maximum absolute atomic E-state index is 12.6. The number of carbonyl (C=O) groups excluding carboxylic acids is 1. The molecular formula is C30H27ClN6OS. The van der Waals surface area contributed by atoms with Crippen LogP contribution >= 0.6 is 22.9 Å². The number of aromatic nitrogens is 4. The van der Waals surface area contributed by atoms with Gasteiger partial charge in [-0.2, -0.15) is 0 Å². The Bertz CT molecular complexity index is 1750. The van der Waals surface area contributed by atoms with Gasteiger partial charge in [0.1, 0.15) is 16.9 Å². The van der Waals surface area contributed by atoms with E-state index in [0.29, 0.717) is 23.1 Å². The second-order valence-corrected chi connectivity index (χ2v) is 12.5. The molecule has 1 aliphatic carbocycles. The zero-order chi connectivity index (χ0) is 27.3. The van der Waals surface area contributed by atoms with Crippen molar-refractivity contribution in [2.24, 2.45) is 10.4 Å². The minimum Gasteiger partial charge on any atom is -0.336 e. The van der Waals surface area contributed by atoms with Crippen molar-refractivity contribution in [1.29, 1.82) is 0 Å². The van der Waals surface area contributed by atoms with E-state index >= 15 is 0 Å². The van der Waals surface area contributed by atoms with Gasteiger partial charge in [-0.25, -0.2) is 9.97 Å². The molecule has 2 aliphatic rings. The first kappa shape index (κ1) is 25.4. The van der Waals surface area contributed by atoms with Crippen LogP contribution in [0.5, 0.6) is 0 Å². The lowest BCUT2D eigenvalue weighted by molar-refractivity contribution is -0.127. The number of aromatic amines is 1. The van der Waals surface area contributed by atoms with E-state index in [1.165, 1.54) is 11.3 Å². The average molecular weight is 555 g/mol. The number of fused-ring (bicyclic) bond motifs is 2. The first-order valence-corrected chi connectivity index (χ1v) is 13.9. The third-order valence-corrected chi connectivity index (χ3v) is 7.88. The molecule has 0 bridgehead atoms. The van der Waals surface area contributed by atoms with E-state index in [4.69, 9.17) is 26.6 Å². The van der Waals surface area contributed by atoms with Gasteiger partial charge in [-0.05, 0) is 54.0 Å². The van der Waals surface area contributed by atoms with Gasteiger partial charge < -0.3 is 10.3 Å². The van der Waals surface area contributed by atoms with Gasteiger partial charge in [-0.15, -0.1) is 11.3 Å². The summed E-state index contributed by atoms with van der Waals surface area (Å²) < 4.78 is 0.705. The summed E-state index contributed by atoms with van der Waals surface area (Å²) in [6, 6.07) is 9.87. The smallest absolute Gasteiger partial charge is 0.229 e. The zero-order valence-electron chi connectivity index (χ0n) is 21.9. The summed E-state index contributed by atoms with van der Waals surface area (Å²) in [7, 11) is 0. The molecule has 0 unspecified atom stereocenters. The van der Waals surface area contributed by atoms with E-state index in [1.807, 2.05) is 57.2 Å². The van der Waals surface area contributed by atoms with Gasteiger partial charge in [0, 0.05) is 35.8 Å². The number of amides is 1. The number of halogens is 1. The number of nitrogens with one attached hydrogen (secondary N) is 2. The maximum Gasteiger partial charge on any atom is 0.229 e. The minimum atomic E-state index is -0.489. The van der Waals surface area contributed by atoms with Gasteiger partial charge in [0.15, 0.2) is 5.82 Å². The van der Waals surface area contributed by atoms with E-state index in [1.54, 1.807) is 6.20 Å². The van der Waals surface area contributed by atoms with Gasteiger partial charge in [0.25, 0.3) is 0 Å². The molecule has 196 valence electrons. The molecule has 0 saturated heterocycles. The lowest BCUT2D eigenvalue weighted by atomic mass is 9.93. The van der Waals surface area contributed by atoms with Crippen molar-refractivity contribution in [1.82, 2.24) is 25.3 Å². The van der Waals surface area contributed by atoms with E-state index in [9.17, 15) is 4.79 Å². The summed E-state index contributed by atoms with van der Waals surface area (Å²) in [5, 5.41) is 3.06. The fourth-order valence-corrected chi connectivity index (χ4v) is 5.67. The van der Waals surface area contributed by atoms with E-state index in [-0.39, 0.29) is 5.91 Å². The van der Waals surface area contributed by atoms with Gasteiger partial charge >= 0.3 is 0 Å². The molecule has 6 rings (SSSR count). The number of carbonyl (C=O) groups is 1. The standard InChI is InChI=1S/C30H27ClN6OS/c1-16-13-18(15-19(14-16)34-29(38)30(2,3)4)20-6-5-17-9-11-33-27(24(17)35-20)28-36-21-10-12-32-26(25(21)37-28)22-7-8-23(31)39-22/h5-8,10,12-13,15H,1,9,11,14H2,2-4H3,(H,34,38)(H,36,37). The molecule has 1 amide bonds. The van der Waals surface area contributed by atoms with Crippen LogP contribution in [0.4, 0.5) is 0 Å². The van der Waals surface area contributed by atoms with Crippen molar-refractivity contribution in [3.63, 3.8) is 0 Å². The molecular weight excluding hydrogens is 528 g/mol. The molecule has 0 radical (unpaired) electrons. The quantitative estimate of drug-likeness (QED) is 0.300. The Hall–Kier alpha value is -3.88. The van der Waals surface area contributed by atoms with Gasteiger partial charge in [-0.1, -0.05) is 45.0 Å². The summed E-state index contributed by atoms with van der Waals surface area (Å²) in [6.07, 6.45) is 7.17. The zero-order valence-corrected chi connectivity index (χ0v) is 23.5. The number of H-pyrrole nitrogens is 1. The van der Waals surface area contributed by atoms with E-state index in [2.05, 4.69) is 27.9 Å². The largest absolute Gasteiger partial charge is 0.336 e. The first-order valence-electron chi connectivity index (χ1n) is 12.7. The number of thiophene rings is 1. The number of imidazole rings is 1. The summed E-state index contributed by atoms with van der Waals surface area (Å²) >= 11 is 7.66. The highest BCUT2D eigenvalue weighted by Gasteiger charge is 2.25. The first-order chi connectivity index (χ1) is 18.7. The van der Waals surface area contributed by atoms with Crippen molar-refractivity contribution in [2.75, 3.05) is 6.54 Å². The molecule has 9 heteroatoms. The van der Waals surface area contributed by atoms with Crippen LogP contribution in [0.1, 0.15) is 50.0 Å². The predicted molar refractivity (Wildman–Crippen MR) is 158 cm³/mol. The lowest BCUT2D eigenvalue weighted by Crippen LogP contribution is -2.34. The number of rotatable bonds is 4. The van der Waals surface area contributed by atoms with Gasteiger partial charge in [0.2, 0.25) is 5.91 Å². The number of allylic oxidation sites excluding steroid dienone is 4. The molecule has 1 aliphatic heterocycles. The van der Waals surface area contributed by atoms with Crippen molar-refractivity contribution < 1.29 is 4.79 Å². The molecule has 39 heavy (non-hydrogen) atoms. The average Bonchev–Trinajstić information content (AvgIpc) is 3.53. The molecule has 4 aromatic heterocycles. The molecule has 2 N–H and O–H groups in total.